The summed E-state index contributed by atoms with van der Waals surface area (Å²) in [5.41, 5.74) is 4.16. The van der Waals surface area contributed by atoms with Crippen LogP contribution >= 0.6 is 0 Å². The monoisotopic (exact) mass is 417 g/mol. The van der Waals surface area contributed by atoms with Gasteiger partial charge in [0.15, 0.2) is 17.4 Å². The molecule has 0 spiro atoms. The quantitative estimate of drug-likeness (QED) is 0.482. The lowest BCUT2D eigenvalue weighted by Crippen LogP contribution is -2.19. The van der Waals surface area contributed by atoms with E-state index in [1.165, 1.54) is 22.5 Å². The van der Waals surface area contributed by atoms with Gasteiger partial charge < -0.3 is 10.1 Å². The van der Waals surface area contributed by atoms with Crippen LogP contribution in [0.1, 0.15) is 17.5 Å². The molecule has 0 radical (unpaired) electrons. The van der Waals surface area contributed by atoms with Gasteiger partial charge in [-0.15, -0.1) is 0 Å². The predicted octanol–water partition coefficient (Wildman–Crippen LogP) is 5.26. The van der Waals surface area contributed by atoms with E-state index in [1.54, 1.807) is 0 Å². The van der Waals surface area contributed by atoms with Crippen molar-refractivity contribution in [3.05, 3.63) is 95.7 Å². The van der Waals surface area contributed by atoms with Crippen molar-refractivity contribution in [1.82, 2.24) is 15.1 Å². The first-order valence-electron chi connectivity index (χ1n) is 10.2. The zero-order valence-electron chi connectivity index (χ0n) is 16.8. The van der Waals surface area contributed by atoms with Crippen molar-refractivity contribution in [1.29, 1.82) is 0 Å². The molecule has 6 heteroatoms. The van der Waals surface area contributed by atoms with Gasteiger partial charge in [0.25, 0.3) is 0 Å². The molecule has 3 aromatic carbocycles. The molecular formula is C25H21F2N3O. The van der Waals surface area contributed by atoms with Crippen molar-refractivity contribution in [2.75, 3.05) is 13.1 Å². The highest BCUT2D eigenvalue weighted by Crippen LogP contribution is 2.32. The number of halogens is 2. The number of hydrogen-bond acceptors (Lipinski definition) is 3. The SMILES string of the molecule is Fc1cc2cnn(-c3ccc(C4=CCNCC4)cc3)c2c(F)c1OCc1ccccc1. The number of ether oxygens (including phenoxy) is 1. The van der Waals surface area contributed by atoms with Gasteiger partial charge in [-0.1, -0.05) is 48.5 Å². The Labute approximate surface area is 178 Å². The van der Waals surface area contributed by atoms with E-state index in [0.29, 0.717) is 11.1 Å². The molecule has 0 fully saturated rings. The largest absolute Gasteiger partial charge is 0.483 e. The maximum absolute atomic E-state index is 15.3. The van der Waals surface area contributed by atoms with E-state index in [-0.39, 0.29) is 12.1 Å². The van der Waals surface area contributed by atoms with Crippen molar-refractivity contribution < 1.29 is 13.5 Å². The molecule has 1 aliphatic rings. The predicted molar refractivity (Wildman–Crippen MR) is 117 cm³/mol. The maximum atomic E-state index is 15.3. The van der Waals surface area contributed by atoms with Crippen molar-refractivity contribution in [2.45, 2.75) is 13.0 Å². The van der Waals surface area contributed by atoms with Crippen LogP contribution in [0.5, 0.6) is 5.75 Å². The number of fused-ring (bicyclic) bond motifs is 1. The molecule has 1 aliphatic heterocycles. The Morgan fingerprint density at radius 3 is 2.58 bits per heavy atom. The molecule has 2 heterocycles. The summed E-state index contributed by atoms with van der Waals surface area (Å²) in [5, 5.41) is 7.98. The number of hydrogen-bond donors (Lipinski definition) is 1. The molecule has 0 atom stereocenters. The average Bonchev–Trinajstić information content (AvgIpc) is 3.24. The van der Waals surface area contributed by atoms with E-state index in [9.17, 15) is 4.39 Å². The first-order valence-corrected chi connectivity index (χ1v) is 10.2. The van der Waals surface area contributed by atoms with Crippen molar-refractivity contribution >= 4 is 16.5 Å². The molecule has 0 aliphatic carbocycles. The van der Waals surface area contributed by atoms with Crippen LogP contribution in [-0.4, -0.2) is 22.9 Å². The third-order valence-electron chi connectivity index (χ3n) is 5.48. The highest BCUT2D eigenvalue weighted by molar-refractivity contribution is 5.83. The van der Waals surface area contributed by atoms with E-state index in [4.69, 9.17) is 4.74 Å². The first kappa shape index (κ1) is 19.5. The maximum Gasteiger partial charge on any atom is 0.194 e. The van der Waals surface area contributed by atoms with Crippen LogP contribution in [-0.2, 0) is 6.61 Å². The number of nitrogens with one attached hydrogen (secondary N) is 1. The Kier molecular flexibility index (Phi) is 5.22. The molecule has 1 aromatic heterocycles. The highest BCUT2D eigenvalue weighted by atomic mass is 19.1. The molecule has 4 nitrogen and oxygen atoms in total. The van der Waals surface area contributed by atoms with E-state index in [2.05, 4.69) is 16.5 Å². The molecule has 5 rings (SSSR count). The average molecular weight is 417 g/mol. The standard InChI is InChI=1S/C25H21F2N3O/c26-22-14-20-15-29-30(21-8-6-18(7-9-21)19-10-12-28-13-11-19)24(20)23(27)25(22)31-16-17-4-2-1-3-5-17/h1-10,14-15,28H,11-13,16H2. The normalized spacial score (nSPS) is 13.9. The van der Waals surface area contributed by atoms with E-state index in [0.717, 1.165) is 30.6 Å². The second-order valence-corrected chi connectivity index (χ2v) is 7.50. The Morgan fingerprint density at radius 1 is 1.03 bits per heavy atom. The molecule has 0 saturated carbocycles. The third kappa shape index (κ3) is 3.82. The summed E-state index contributed by atoms with van der Waals surface area (Å²) in [6.45, 7) is 1.90. The third-order valence-corrected chi connectivity index (χ3v) is 5.48. The van der Waals surface area contributed by atoms with E-state index in [1.807, 2.05) is 54.6 Å². The van der Waals surface area contributed by atoms with E-state index >= 15 is 4.39 Å². The van der Waals surface area contributed by atoms with Gasteiger partial charge in [0.2, 0.25) is 0 Å². The number of benzene rings is 3. The van der Waals surface area contributed by atoms with Gasteiger partial charge in [0.05, 0.1) is 11.9 Å². The minimum absolute atomic E-state index is 0.0764. The second-order valence-electron chi connectivity index (χ2n) is 7.50. The molecule has 156 valence electrons. The van der Waals surface area contributed by atoms with Crippen LogP contribution in [0.3, 0.4) is 0 Å². The van der Waals surface area contributed by atoms with Crippen molar-refractivity contribution in [3.8, 4) is 11.4 Å². The Hall–Kier alpha value is -3.51. The van der Waals surface area contributed by atoms with Gasteiger partial charge in [-0.3, -0.25) is 0 Å². The Bertz CT molecular complexity index is 1250. The highest BCUT2D eigenvalue weighted by Gasteiger charge is 2.20. The Morgan fingerprint density at radius 2 is 1.84 bits per heavy atom. The summed E-state index contributed by atoms with van der Waals surface area (Å²) in [6.07, 6.45) is 4.62. The van der Waals surface area contributed by atoms with E-state index < -0.39 is 17.4 Å². The number of nitrogens with zero attached hydrogens (tertiary/aromatic N) is 2. The van der Waals surface area contributed by atoms with Crippen molar-refractivity contribution in [2.24, 2.45) is 0 Å². The van der Waals surface area contributed by atoms with Crippen LogP contribution in [0.15, 0.2) is 72.9 Å². The topological polar surface area (TPSA) is 39.1 Å². The molecule has 1 N–H and O–H groups in total. The minimum Gasteiger partial charge on any atom is -0.483 e. The van der Waals surface area contributed by atoms with Gasteiger partial charge in [-0.05, 0) is 47.9 Å². The molecular weight excluding hydrogens is 396 g/mol. The smallest absolute Gasteiger partial charge is 0.194 e. The lowest BCUT2D eigenvalue weighted by Gasteiger charge is -2.15. The summed E-state index contributed by atoms with van der Waals surface area (Å²) in [7, 11) is 0. The van der Waals surface area contributed by atoms with Crippen LogP contribution in [0.25, 0.3) is 22.2 Å². The van der Waals surface area contributed by atoms with Gasteiger partial charge in [-0.25, -0.2) is 13.5 Å². The van der Waals surface area contributed by atoms with Crippen molar-refractivity contribution in [3.63, 3.8) is 0 Å². The Balaban J connectivity index is 1.49. The molecule has 31 heavy (non-hydrogen) atoms. The van der Waals surface area contributed by atoms with Crippen LogP contribution in [0, 0.1) is 11.6 Å². The second kappa shape index (κ2) is 8.32. The van der Waals surface area contributed by atoms with Gasteiger partial charge in [0, 0.05) is 11.9 Å². The summed E-state index contributed by atoms with van der Waals surface area (Å²) < 4.78 is 36.9. The van der Waals surface area contributed by atoms with Crippen LogP contribution in [0.4, 0.5) is 8.78 Å². The molecule has 4 aromatic rings. The minimum atomic E-state index is -0.756. The van der Waals surface area contributed by atoms with Crippen LogP contribution in [0.2, 0.25) is 0 Å². The lowest BCUT2D eigenvalue weighted by atomic mass is 10.0. The number of rotatable bonds is 5. The van der Waals surface area contributed by atoms with Gasteiger partial charge in [-0.2, -0.15) is 5.10 Å². The zero-order chi connectivity index (χ0) is 21.2. The summed E-state index contributed by atoms with van der Waals surface area (Å²) >= 11 is 0. The van der Waals surface area contributed by atoms with Gasteiger partial charge >= 0.3 is 0 Å². The van der Waals surface area contributed by atoms with Gasteiger partial charge in [0.1, 0.15) is 12.1 Å². The zero-order valence-corrected chi connectivity index (χ0v) is 16.8. The van der Waals surface area contributed by atoms with Crippen LogP contribution < -0.4 is 10.1 Å². The first-order chi connectivity index (χ1) is 15.2. The molecule has 0 unspecified atom stereocenters. The fourth-order valence-corrected chi connectivity index (χ4v) is 3.86. The number of aromatic nitrogens is 2. The summed E-state index contributed by atoms with van der Waals surface area (Å²) in [4.78, 5) is 0. The lowest BCUT2D eigenvalue weighted by molar-refractivity contribution is 0.275. The summed E-state index contributed by atoms with van der Waals surface area (Å²) in [6, 6.07) is 18.4. The fourth-order valence-electron chi connectivity index (χ4n) is 3.86. The molecule has 0 saturated heterocycles. The molecule has 0 bridgehead atoms. The molecule has 0 amide bonds. The fraction of sp³-hybridized carbons (Fsp3) is 0.160. The summed E-state index contributed by atoms with van der Waals surface area (Å²) in [5.74, 6) is -1.89.